The SMILES string of the molecule is CC/C=C\C/C=C\C/C=C\C/C=C\CCCCC(=O)OC(COC(=O)CCC/C=C\C/C=C\C/C=C\CCCCCCCC)COC(=O)CCC/C=C\C/C=C\C/C=C\CCCCCCCC. The second-order valence-electron chi connectivity index (χ2n) is 17.4. The van der Waals surface area contributed by atoms with Crippen molar-refractivity contribution >= 4 is 17.9 Å². The van der Waals surface area contributed by atoms with E-state index in [0.29, 0.717) is 19.3 Å². The Hall–Kier alpha value is -4.19. The zero-order chi connectivity index (χ0) is 48.6. The van der Waals surface area contributed by atoms with E-state index in [1.807, 2.05) is 0 Å². The van der Waals surface area contributed by atoms with E-state index >= 15 is 0 Å². The van der Waals surface area contributed by atoms with Crippen molar-refractivity contribution in [3.63, 3.8) is 0 Å². The molecule has 0 unspecified atom stereocenters. The lowest BCUT2D eigenvalue weighted by molar-refractivity contribution is -0.167. The fourth-order valence-corrected chi connectivity index (χ4v) is 6.88. The van der Waals surface area contributed by atoms with Crippen molar-refractivity contribution in [3.05, 3.63) is 122 Å². The molecule has 6 nitrogen and oxygen atoms in total. The Bertz CT molecular complexity index is 1360. The number of allylic oxidation sites excluding steroid dienone is 20. The van der Waals surface area contributed by atoms with E-state index in [0.717, 1.165) is 77.0 Å². The zero-order valence-corrected chi connectivity index (χ0v) is 43.1. The molecular formula is C61H98O6. The van der Waals surface area contributed by atoms with Crippen molar-refractivity contribution in [1.82, 2.24) is 0 Å². The van der Waals surface area contributed by atoms with Crippen molar-refractivity contribution in [2.45, 2.75) is 232 Å². The smallest absolute Gasteiger partial charge is 0.306 e. The van der Waals surface area contributed by atoms with Gasteiger partial charge in [0.1, 0.15) is 13.2 Å². The molecule has 67 heavy (non-hydrogen) atoms. The highest BCUT2D eigenvalue weighted by Crippen LogP contribution is 2.11. The average molecular weight is 927 g/mol. The van der Waals surface area contributed by atoms with Crippen LogP contribution in [-0.4, -0.2) is 37.2 Å². The molecule has 0 aliphatic rings. The molecule has 0 rings (SSSR count). The van der Waals surface area contributed by atoms with Crippen molar-refractivity contribution in [2.75, 3.05) is 13.2 Å². The monoisotopic (exact) mass is 927 g/mol. The Kier molecular flexibility index (Phi) is 51.0. The topological polar surface area (TPSA) is 78.9 Å². The van der Waals surface area contributed by atoms with E-state index in [1.165, 1.54) is 89.9 Å². The van der Waals surface area contributed by atoms with Gasteiger partial charge in [-0.2, -0.15) is 0 Å². The van der Waals surface area contributed by atoms with Crippen LogP contribution in [0.15, 0.2) is 122 Å². The summed E-state index contributed by atoms with van der Waals surface area (Å²) in [4.78, 5) is 38.0. The summed E-state index contributed by atoms with van der Waals surface area (Å²) in [5, 5.41) is 0. The number of ether oxygens (including phenoxy) is 3. The fraction of sp³-hybridized carbons (Fsp3) is 0.623. The predicted octanol–water partition coefficient (Wildman–Crippen LogP) is 18.1. The molecule has 0 aliphatic carbocycles. The largest absolute Gasteiger partial charge is 0.462 e. The maximum atomic E-state index is 12.8. The lowest BCUT2D eigenvalue weighted by Gasteiger charge is -2.18. The summed E-state index contributed by atoms with van der Waals surface area (Å²) in [7, 11) is 0. The number of esters is 3. The summed E-state index contributed by atoms with van der Waals surface area (Å²) in [6, 6.07) is 0. The van der Waals surface area contributed by atoms with Crippen LogP contribution < -0.4 is 0 Å². The summed E-state index contributed by atoms with van der Waals surface area (Å²) < 4.78 is 16.7. The molecule has 0 heterocycles. The van der Waals surface area contributed by atoms with Gasteiger partial charge in [-0.3, -0.25) is 14.4 Å². The zero-order valence-electron chi connectivity index (χ0n) is 43.1. The number of carbonyl (C=O) groups excluding carboxylic acids is 3. The molecule has 0 aromatic rings. The van der Waals surface area contributed by atoms with Gasteiger partial charge in [0.15, 0.2) is 6.10 Å². The van der Waals surface area contributed by atoms with E-state index in [4.69, 9.17) is 14.2 Å². The third-order valence-corrected chi connectivity index (χ3v) is 10.9. The van der Waals surface area contributed by atoms with Crippen LogP contribution in [0.3, 0.4) is 0 Å². The van der Waals surface area contributed by atoms with E-state index < -0.39 is 6.10 Å². The Morgan fingerprint density at radius 2 is 0.597 bits per heavy atom. The third kappa shape index (κ3) is 52.6. The molecule has 0 aromatic carbocycles. The first-order valence-electron chi connectivity index (χ1n) is 27.0. The summed E-state index contributed by atoms with van der Waals surface area (Å²) in [5.74, 6) is -1.09. The first kappa shape index (κ1) is 62.8. The number of unbranched alkanes of at least 4 members (excludes halogenated alkanes) is 16. The van der Waals surface area contributed by atoms with Crippen molar-refractivity contribution in [3.8, 4) is 0 Å². The van der Waals surface area contributed by atoms with Gasteiger partial charge >= 0.3 is 17.9 Å². The molecule has 0 saturated heterocycles. The quantitative estimate of drug-likeness (QED) is 0.0262. The lowest BCUT2D eigenvalue weighted by atomic mass is 10.1. The fourth-order valence-electron chi connectivity index (χ4n) is 6.88. The Morgan fingerprint density at radius 3 is 0.955 bits per heavy atom. The molecule has 0 spiro atoms. The van der Waals surface area contributed by atoms with Crippen LogP contribution in [0.2, 0.25) is 0 Å². The summed E-state index contributed by atoms with van der Waals surface area (Å²) in [6.45, 7) is 6.37. The summed E-state index contributed by atoms with van der Waals surface area (Å²) in [6.07, 6.45) is 74.9. The van der Waals surface area contributed by atoms with Gasteiger partial charge in [-0.15, -0.1) is 0 Å². The van der Waals surface area contributed by atoms with Gasteiger partial charge in [0.25, 0.3) is 0 Å². The third-order valence-electron chi connectivity index (χ3n) is 10.9. The number of carbonyl (C=O) groups is 3. The second-order valence-corrected chi connectivity index (χ2v) is 17.4. The number of hydrogen-bond donors (Lipinski definition) is 0. The molecule has 0 radical (unpaired) electrons. The van der Waals surface area contributed by atoms with Crippen LogP contribution in [0, 0.1) is 0 Å². The minimum Gasteiger partial charge on any atom is -0.462 e. The maximum Gasteiger partial charge on any atom is 0.306 e. The van der Waals surface area contributed by atoms with Crippen molar-refractivity contribution in [1.29, 1.82) is 0 Å². The first-order valence-corrected chi connectivity index (χ1v) is 27.0. The van der Waals surface area contributed by atoms with Gasteiger partial charge in [-0.1, -0.05) is 206 Å². The highest BCUT2D eigenvalue weighted by Gasteiger charge is 2.19. The molecule has 0 N–H and O–H groups in total. The van der Waals surface area contributed by atoms with Crippen LogP contribution in [0.25, 0.3) is 0 Å². The molecule has 0 saturated carbocycles. The highest BCUT2D eigenvalue weighted by molar-refractivity contribution is 5.71. The predicted molar refractivity (Wildman–Crippen MR) is 288 cm³/mol. The van der Waals surface area contributed by atoms with Crippen LogP contribution in [0.1, 0.15) is 226 Å². The van der Waals surface area contributed by atoms with Crippen LogP contribution in [0.4, 0.5) is 0 Å². The molecule has 0 aliphatic heterocycles. The van der Waals surface area contributed by atoms with Crippen molar-refractivity contribution in [2.24, 2.45) is 0 Å². The molecule has 0 atom stereocenters. The number of hydrogen-bond acceptors (Lipinski definition) is 6. The van der Waals surface area contributed by atoms with E-state index in [1.54, 1.807) is 0 Å². The minimum absolute atomic E-state index is 0.140. The van der Waals surface area contributed by atoms with Gasteiger partial charge in [0, 0.05) is 19.3 Å². The normalized spacial score (nSPS) is 12.7. The lowest BCUT2D eigenvalue weighted by Crippen LogP contribution is -2.30. The van der Waals surface area contributed by atoms with Gasteiger partial charge in [0.05, 0.1) is 0 Å². The summed E-state index contributed by atoms with van der Waals surface area (Å²) in [5.41, 5.74) is 0. The van der Waals surface area contributed by atoms with Gasteiger partial charge in [-0.05, 0) is 122 Å². The molecule has 0 amide bonds. The molecule has 6 heteroatoms. The van der Waals surface area contributed by atoms with E-state index in [-0.39, 0.29) is 50.4 Å². The molecule has 0 bridgehead atoms. The van der Waals surface area contributed by atoms with Crippen LogP contribution >= 0.6 is 0 Å². The summed E-state index contributed by atoms with van der Waals surface area (Å²) >= 11 is 0. The maximum absolute atomic E-state index is 12.8. The highest BCUT2D eigenvalue weighted by atomic mass is 16.6. The Labute approximate surface area is 412 Å². The van der Waals surface area contributed by atoms with E-state index in [2.05, 4.69) is 142 Å². The van der Waals surface area contributed by atoms with Crippen LogP contribution in [-0.2, 0) is 28.6 Å². The van der Waals surface area contributed by atoms with E-state index in [9.17, 15) is 14.4 Å². The van der Waals surface area contributed by atoms with Gasteiger partial charge < -0.3 is 14.2 Å². The standard InChI is InChI=1S/C61H98O6/c1-4-7-10-13-16-19-22-25-28-30-33-35-38-41-44-47-50-53-59(62)65-56-58(67-61(64)55-52-49-46-43-40-37-32-27-24-21-18-15-12-9-6-3)57-66-60(63)54-51-48-45-42-39-36-34-31-29-26-23-20-17-14-11-8-5-2/h9,12,18,21,25-29,32-36,40-45,58H,4-8,10-11,13-17,19-20,22-24,30-31,37-39,46-57H2,1-3H3/b12-9-,21-18-,28-25-,29-26-,32-27-,35-33-,36-34-,43-40-,44-41-,45-42-. The van der Waals surface area contributed by atoms with Crippen LogP contribution in [0.5, 0.6) is 0 Å². The second kappa shape index (κ2) is 54.4. The molecule has 0 aromatic heterocycles. The molecular weight excluding hydrogens is 829 g/mol. The number of rotatable bonds is 47. The first-order chi connectivity index (χ1) is 33.0. The molecule has 378 valence electrons. The van der Waals surface area contributed by atoms with Gasteiger partial charge in [0.2, 0.25) is 0 Å². The van der Waals surface area contributed by atoms with Crippen molar-refractivity contribution < 1.29 is 28.6 Å². The average Bonchev–Trinajstić information content (AvgIpc) is 3.33. The van der Waals surface area contributed by atoms with Gasteiger partial charge in [-0.25, -0.2) is 0 Å². The Balaban J connectivity index is 4.62. The minimum atomic E-state index is -0.844. The Morgan fingerprint density at radius 1 is 0.313 bits per heavy atom. The molecule has 0 fully saturated rings.